The molecule has 0 aromatic heterocycles. The number of hydrogen-bond donors (Lipinski definition) is 0. The molecule has 1 heterocycles. The molecule has 1 aromatic rings. The molecule has 98 valence electrons. The van der Waals surface area contributed by atoms with Gasteiger partial charge in [0.15, 0.2) is 5.78 Å². The van der Waals surface area contributed by atoms with Crippen LogP contribution in [0.1, 0.15) is 17.3 Å². The highest BCUT2D eigenvalue weighted by molar-refractivity contribution is 9.10. The number of halogens is 1. The van der Waals surface area contributed by atoms with Crippen LogP contribution >= 0.6 is 15.9 Å². The smallest absolute Gasteiger partial charge is 0.179 e. The number of Topliss-reactive ketones (excluding diaryl/α,β-unsaturated/α-hetero) is 1. The lowest BCUT2D eigenvalue weighted by atomic mass is 10.0. The maximum absolute atomic E-state index is 12.4. The lowest BCUT2D eigenvalue weighted by molar-refractivity contribution is 0.0738. The summed E-state index contributed by atoms with van der Waals surface area (Å²) in [5, 5.41) is 0. The fourth-order valence-corrected chi connectivity index (χ4v) is 2.49. The van der Waals surface area contributed by atoms with Crippen molar-refractivity contribution in [3.63, 3.8) is 0 Å². The van der Waals surface area contributed by atoms with Crippen molar-refractivity contribution >= 4 is 21.7 Å². The average molecular weight is 311 g/mol. The third-order valence-electron chi connectivity index (χ3n) is 3.59. The number of nitrogens with zero attached hydrogens (tertiary/aromatic N) is 2. The lowest BCUT2D eigenvalue weighted by Gasteiger charge is -2.35. The van der Waals surface area contributed by atoms with E-state index in [-0.39, 0.29) is 11.8 Å². The van der Waals surface area contributed by atoms with Gasteiger partial charge in [-0.15, -0.1) is 0 Å². The molecule has 0 aliphatic carbocycles. The Morgan fingerprint density at radius 1 is 1.17 bits per heavy atom. The number of benzene rings is 1. The monoisotopic (exact) mass is 310 g/mol. The Kier molecular flexibility index (Phi) is 4.54. The Labute approximate surface area is 117 Å². The zero-order valence-electron chi connectivity index (χ0n) is 10.9. The molecule has 1 unspecified atom stereocenters. The molecule has 1 aliphatic rings. The Bertz CT molecular complexity index is 410. The summed E-state index contributed by atoms with van der Waals surface area (Å²) in [6, 6.07) is 7.59. The SMILES string of the molecule is CC(C(=O)c1ccc(Br)cc1)N1CCN(C)CC1. The number of carbonyl (C=O) groups is 1. The predicted molar refractivity (Wildman–Crippen MR) is 77.0 cm³/mol. The third-order valence-corrected chi connectivity index (χ3v) is 4.12. The van der Waals surface area contributed by atoms with E-state index in [1.165, 1.54) is 0 Å². The molecule has 0 amide bonds. The zero-order chi connectivity index (χ0) is 13.1. The topological polar surface area (TPSA) is 23.6 Å². The van der Waals surface area contributed by atoms with Crippen molar-refractivity contribution in [3.8, 4) is 0 Å². The first-order valence-electron chi connectivity index (χ1n) is 6.30. The molecule has 0 N–H and O–H groups in total. The van der Waals surface area contributed by atoms with Gasteiger partial charge in [0.05, 0.1) is 6.04 Å². The van der Waals surface area contributed by atoms with Crippen molar-refractivity contribution in [2.75, 3.05) is 33.2 Å². The van der Waals surface area contributed by atoms with Crippen molar-refractivity contribution in [1.82, 2.24) is 9.80 Å². The first-order chi connectivity index (χ1) is 8.58. The van der Waals surface area contributed by atoms with Crippen molar-refractivity contribution < 1.29 is 4.79 Å². The predicted octanol–water partition coefficient (Wildman–Crippen LogP) is 2.27. The van der Waals surface area contributed by atoms with Gasteiger partial charge in [0.1, 0.15) is 0 Å². The highest BCUT2D eigenvalue weighted by Gasteiger charge is 2.24. The van der Waals surface area contributed by atoms with Gasteiger partial charge in [0, 0.05) is 36.2 Å². The van der Waals surface area contributed by atoms with Gasteiger partial charge in [0.25, 0.3) is 0 Å². The van der Waals surface area contributed by atoms with E-state index in [1.54, 1.807) is 0 Å². The number of likely N-dealkylation sites (N-methyl/N-ethyl adjacent to an activating group) is 1. The van der Waals surface area contributed by atoms with Crippen molar-refractivity contribution in [1.29, 1.82) is 0 Å². The Morgan fingerprint density at radius 3 is 2.28 bits per heavy atom. The van der Waals surface area contributed by atoms with Gasteiger partial charge in [-0.05, 0) is 26.1 Å². The van der Waals surface area contributed by atoms with Crippen LogP contribution in [0.5, 0.6) is 0 Å². The lowest BCUT2D eigenvalue weighted by Crippen LogP contribution is -2.50. The largest absolute Gasteiger partial charge is 0.304 e. The fraction of sp³-hybridized carbons (Fsp3) is 0.500. The second kappa shape index (κ2) is 5.95. The first-order valence-corrected chi connectivity index (χ1v) is 7.09. The highest BCUT2D eigenvalue weighted by Crippen LogP contribution is 2.15. The normalized spacial score (nSPS) is 19.7. The standard InChI is InChI=1S/C14H19BrN2O/c1-11(17-9-7-16(2)8-10-17)14(18)12-3-5-13(15)6-4-12/h3-6,11H,7-10H2,1-2H3. The molecular formula is C14H19BrN2O. The van der Waals surface area contributed by atoms with Gasteiger partial charge in [-0.1, -0.05) is 28.1 Å². The maximum Gasteiger partial charge on any atom is 0.179 e. The van der Waals surface area contributed by atoms with Gasteiger partial charge in [-0.2, -0.15) is 0 Å². The molecule has 1 aromatic carbocycles. The first kappa shape index (κ1) is 13.7. The number of carbonyl (C=O) groups excluding carboxylic acids is 1. The second-order valence-corrected chi connectivity index (χ2v) is 5.80. The molecule has 2 rings (SSSR count). The van der Waals surface area contributed by atoms with Crippen LogP contribution < -0.4 is 0 Å². The van der Waals surface area contributed by atoms with Gasteiger partial charge in [0.2, 0.25) is 0 Å². The fourth-order valence-electron chi connectivity index (χ4n) is 2.23. The quantitative estimate of drug-likeness (QED) is 0.800. The molecule has 1 fully saturated rings. The number of rotatable bonds is 3. The van der Waals surface area contributed by atoms with E-state index in [0.29, 0.717) is 0 Å². The number of piperazine rings is 1. The molecule has 0 bridgehead atoms. The summed E-state index contributed by atoms with van der Waals surface area (Å²) >= 11 is 3.39. The minimum absolute atomic E-state index is 0.0279. The molecule has 18 heavy (non-hydrogen) atoms. The van der Waals surface area contributed by atoms with Crippen LogP contribution in [0.4, 0.5) is 0 Å². The maximum atomic E-state index is 12.4. The van der Waals surface area contributed by atoms with E-state index in [0.717, 1.165) is 36.2 Å². The molecule has 4 heteroatoms. The summed E-state index contributed by atoms with van der Waals surface area (Å²) in [5.74, 6) is 0.215. The second-order valence-electron chi connectivity index (χ2n) is 4.89. The average Bonchev–Trinajstić information content (AvgIpc) is 2.39. The molecule has 1 aliphatic heterocycles. The van der Waals surface area contributed by atoms with E-state index in [4.69, 9.17) is 0 Å². The van der Waals surface area contributed by atoms with E-state index >= 15 is 0 Å². The van der Waals surface area contributed by atoms with Gasteiger partial charge in [-0.25, -0.2) is 0 Å². The van der Waals surface area contributed by atoms with Gasteiger partial charge in [-0.3, -0.25) is 9.69 Å². The molecule has 0 radical (unpaired) electrons. The molecule has 0 saturated carbocycles. The summed E-state index contributed by atoms with van der Waals surface area (Å²) < 4.78 is 1.01. The summed E-state index contributed by atoms with van der Waals surface area (Å²) in [6.45, 7) is 6.03. The van der Waals surface area contributed by atoms with Crippen LogP contribution in [-0.4, -0.2) is 54.9 Å². The molecule has 1 atom stereocenters. The van der Waals surface area contributed by atoms with Crippen LogP contribution in [0.2, 0.25) is 0 Å². The van der Waals surface area contributed by atoms with Crippen molar-refractivity contribution in [3.05, 3.63) is 34.3 Å². The summed E-state index contributed by atoms with van der Waals surface area (Å²) in [5.41, 5.74) is 0.796. The summed E-state index contributed by atoms with van der Waals surface area (Å²) in [4.78, 5) is 16.9. The number of ketones is 1. The Morgan fingerprint density at radius 2 is 1.72 bits per heavy atom. The Balaban J connectivity index is 2.02. The van der Waals surface area contributed by atoms with Crippen LogP contribution in [0.15, 0.2) is 28.7 Å². The molecule has 0 spiro atoms. The molecule has 3 nitrogen and oxygen atoms in total. The van der Waals surface area contributed by atoms with Gasteiger partial charge < -0.3 is 4.90 Å². The number of hydrogen-bond acceptors (Lipinski definition) is 3. The van der Waals surface area contributed by atoms with E-state index in [2.05, 4.69) is 32.8 Å². The van der Waals surface area contributed by atoms with E-state index in [1.807, 2.05) is 31.2 Å². The summed E-state index contributed by atoms with van der Waals surface area (Å²) in [6.07, 6.45) is 0. The van der Waals surface area contributed by atoms with Crippen LogP contribution in [-0.2, 0) is 0 Å². The van der Waals surface area contributed by atoms with E-state index in [9.17, 15) is 4.79 Å². The zero-order valence-corrected chi connectivity index (χ0v) is 12.5. The van der Waals surface area contributed by atoms with E-state index < -0.39 is 0 Å². The third kappa shape index (κ3) is 3.19. The minimum Gasteiger partial charge on any atom is -0.304 e. The van der Waals surface area contributed by atoms with Crippen LogP contribution in [0, 0.1) is 0 Å². The van der Waals surface area contributed by atoms with Crippen molar-refractivity contribution in [2.24, 2.45) is 0 Å². The molecule has 1 saturated heterocycles. The highest BCUT2D eigenvalue weighted by atomic mass is 79.9. The van der Waals surface area contributed by atoms with Gasteiger partial charge >= 0.3 is 0 Å². The summed E-state index contributed by atoms with van der Waals surface area (Å²) in [7, 11) is 2.12. The Hall–Kier alpha value is -0.710. The molecular weight excluding hydrogens is 292 g/mol. The minimum atomic E-state index is -0.0279. The van der Waals surface area contributed by atoms with Crippen LogP contribution in [0.25, 0.3) is 0 Å². The van der Waals surface area contributed by atoms with Crippen molar-refractivity contribution in [2.45, 2.75) is 13.0 Å². The van der Waals surface area contributed by atoms with Crippen LogP contribution in [0.3, 0.4) is 0 Å².